The molecule has 3 aromatic rings. The van der Waals surface area contributed by atoms with Crippen LogP contribution in [0, 0.1) is 0 Å². The fourth-order valence-electron chi connectivity index (χ4n) is 3.86. The Morgan fingerprint density at radius 2 is 1.62 bits per heavy atom. The van der Waals surface area contributed by atoms with Gasteiger partial charge < -0.3 is 15.0 Å². The number of methoxy groups -OCH3 is 1. The number of nitrogens with zero attached hydrogens (tertiary/aromatic N) is 2. The number of halogens is 1. The Morgan fingerprint density at radius 3 is 2.21 bits per heavy atom. The van der Waals surface area contributed by atoms with Crippen LogP contribution in [0.1, 0.15) is 33.3 Å². The van der Waals surface area contributed by atoms with Crippen molar-refractivity contribution in [1.82, 2.24) is 10.2 Å². The van der Waals surface area contributed by atoms with Crippen LogP contribution in [0.15, 0.2) is 83.8 Å². The maximum atomic E-state index is 13.9. The number of carbonyl (C=O) groups excluding carboxylic acids is 2. The van der Waals surface area contributed by atoms with Crippen LogP contribution in [0.5, 0.6) is 5.75 Å². The lowest BCUT2D eigenvalue weighted by atomic mass is 10.1. The molecule has 3 rings (SSSR count). The van der Waals surface area contributed by atoms with E-state index in [0.29, 0.717) is 10.8 Å². The second-order valence-corrected chi connectivity index (χ2v) is 12.4. The molecule has 8 nitrogen and oxygen atoms in total. The van der Waals surface area contributed by atoms with Gasteiger partial charge in [0, 0.05) is 23.2 Å². The average Bonchev–Trinajstić information content (AvgIpc) is 2.90. The number of hydrogen-bond acceptors (Lipinski definition) is 5. The SMILES string of the molecule is COc1cccc(N(CC(=O)N(Cc2ccc(Cl)cc2)[C@@H](C)C(=O)NC(C)(C)C)S(=O)(=O)c2ccccc2)c1. The minimum atomic E-state index is -4.15. The van der Waals surface area contributed by atoms with Gasteiger partial charge in [-0.15, -0.1) is 0 Å². The second kappa shape index (κ2) is 12.5. The van der Waals surface area contributed by atoms with E-state index in [1.165, 1.54) is 24.1 Å². The third kappa shape index (κ3) is 7.97. The Bertz CT molecular complexity index is 1390. The third-order valence-electron chi connectivity index (χ3n) is 5.88. The van der Waals surface area contributed by atoms with Crippen molar-refractivity contribution in [2.24, 2.45) is 0 Å². The lowest BCUT2D eigenvalue weighted by Crippen LogP contribution is -2.54. The van der Waals surface area contributed by atoms with Crippen molar-refractivity contribution in [3.05, 3.63) is 89.4 Å². The minimum absolute atomic E-state index is 0.0309. The number of hydrogen-bond donors (Lipinski definition) is 1. The van der Waals surface area contributed by atoms with Gasteiger partial charge in [0.25, 0.3) is 10.0 Å². The maximum Gasteiger partial charge on any atom is 0.264 e. The Kier molecular flexibility index (Phi) is 9.63. The highest BCUT2D eigenvalue weighted by Crippen LogP contribution is 2.27. The summed E-state index contributed by atoms with van der Waals surface area (Å²) < 4.78 is 33.9. The lowest BCUT2D eigenvalue weighted by Gasteiger charge is -2.33. The highest BCUT2D eigenvalue weighted by Gasteiger charge is 2.33. The Labute approximate surface area is 235 Å². The first-order valence-electron chi connectivity index (χ1n) is 12.4. The summed E-state index contributed by atoms with van der Waals surface area (Å²) in [5.74, 6) is -0.475. The Balaban J connectivity index is 2.04. The Hall–Kier alpha value is -3.56. The van der Waals surface area contributed by atoms with Crippen molar-refractivity contribution in [1.29, 1.82) is 0 Å². The number of anilines is 1. The molecular formula is C29H34ClN3O5S. The fourth-order valence-corrected chi connectivity index (χ4v) is 5.41. The molecule has 0 aliphatic rings. The molecule has 2 amide bonds. The number of ether oxygens (including phenoxy) is 1. The normalized spacial score (nSPS) is 12.4. The summed E-state index contributed by atoms with van der Waals surface area (Å²) in [4.78, 5) is 28.5. The summed E-state index contributed by atoms with van der Waals surface area (Å²) in [5, 5.41) is 3.44. The van der Waals surface area contributed by atoms with Gasteiger partial charge in [0.05, 0.1) is 17.7 Å². The third-order valence-corrected chi connectivity index (χ3v) is 7.92. The first-order valence-corrected chi connectivity index (χ1v) is 14.2. The van der Waals surface area contributed by atoms with E-state index in [0.717, 1.165) is 9.87 Å². The summed E-state index contributed by atoms with van der Waals surface area (Å²) >= 11 is 6.04. The lowest BCUT2D eigenvalue weighted by molar-refractivity contribution is -0.140. The molecule has 0 bridgehead atoms. The van der Waals surface area contributed by atoms with Crippen LogP contribution >= 0.6 is 11.6 Å². The molecule has 1 atom stereocenters. The van der Waals surface area contributed by atoms with E-state index in [1.807, 2.05) is 20.8 Å². The molecule has 1 N–H and O–H groups in total. The van der Waals surface area contributed by atoms with Gasteiger partial charge >= 0.3 is 0 Å². The molecule has 0 spiro atoms. The average molecular weight is 572 g/mol. The smallest absolute Gasteiger partial charge is 0.264 e. The first-order chi connectivity index (χ1) is 18.3. The second-order valence-electron chi connectivity index (χ2n) is 10.1. The largest absolute Gasteiger partial charge is 0.497 e. The van der Waals surface area contributed by atoms with Gasteiger partial charge in [0.15, 0.2) is 0 Å². The standard InChI is InChI=1S/C29H34ClN3O5S/c1-21(28(35)31-29(2,3)4)32(19-22-14-16-23(30)17-15-22)27(34)20-33(24-10-9-11-25(18-24)38-5)39(36,37)26-12-7-6-8-13-26/h6-18,21H,19-20H2,1-5H3,(H,31,35)/t21-/m0/s1. The predicted octanol–water partition coefficient (Wildman–Crippen LogP) is 4.88. The van der Waals surface area contributed by atoms with Gasteiger partial charge in [0.2, 0.25) is 11.8 Å². The highest BCUT2D eigenvalue weighted by atomic mass is 35.5. The number of amides is 2. The summed E-state index contributed by atoms with van der Waals surface area (Å²) in [6, 6.07) is 20.4. The van der Waals surface area contributed by atoms with E-state index in [4.69, 9.17) is 16.3 Å². The number of benzene rings is 3. The van der Waals surface area contributed by atoms with Gasteiger partial charge in [-0.05, 0) is 69.7 Å². The van der Waals surface area contributed by atoms with Crippen molar-refractivity contribution in [3.63, 3.8) is 0 Å². The van der Waals surface area contributed by atoms with Crippen molar-refractivity contribution in [3.8, 4) is 5.75 Å². The van der Waals surface area contributed by atoms with Crippen molar-refractivity contribution in [2.45, 2.75) is 50.7 Å². The van der Waals surface area contributed by atoms with Gasteiger partial charge in [0.1, 0.15) is 18.3 Å². The maximum absolute atomic E-state index is 13.9. The summed E-state index contributed by atoms with van der Waals surface area (Å²) in [6.45, 7) is 6.70. The van der Waals surface area contributed by atoms with Crippen LogP contribution in [0.25, 0.3) is 0 Å². The molecule has 3 aromatic carbocycles. The van der Waals surface area contributed by atoms with Gasteiger partial charge in [-0.25, -0.2) is 8.42 Å². The quantitative estimate of drug-likeness (QED) is 0.374. The first kappa shape index (κ1) is 30.0. The van der Waals surface area contributed by atoms with E-state index in [2.05, 4.69) is 5.32 Å². The molecule has 39 heavy (non-hydrogen) atoms. The molecule has 0 saturated carbocycles. The number of sulfonamides is 1. The van der Waals surface area contributed by atoms with Crippen molar-refractivity contribution < 1.29 is 22.7 Å². The van der Waals surface area contributed by atoms with Crippen molar-refractivity contribution in [2.75, 3.05) is 18.0 Å². The minimum Gasteiger partial charge on any atom is -0.497 e. The van der Waals surface area contributed by atoms with Gasteiger partial charge in [-0.1, -0.05) is 48.0 Å². The molecule has 0 radical (unpaired) electrons. The molecular weight excluding hydrogens is 538 g/mol. The molecule has 0 saturated heterocycles. The number of carbonyl (C=O) groups is 2. The van der Waals surface area contributed by atoms with Gasteiger partial charge in [-0.2, -0.15) is 0 Å². The summed E-state index contributed by atoms with van der Waals surface area (Å²) in [6.07, 6.45) is 0. The van der Waals surface area contributed by atoms with Gasteiger partial charge in [-0.3, -0.25) is 13.9 Å². The van der Waals surface area contributed by atoms with Crippen LogP contribution in [0.4, 0.5) is 5.69 Å². The highest BCUT2D eigenvalue weighted by molar-refractivity contribution is 7.92. The van der Waals surface area contributed by atoms with Crippen LogP contribution in [0.3, 0.4) is 0 Å². The Morgan fingerprint density at radius 1 is 0.974 bits per heavy atom. The molecule has 0 heterocycles. The van der Waals surface area contributed by atoms with Crippen molar-refractivity contribution >= 4 is 39.1 Å². The monoisotopic (exact) mass is 571 g/mol. The zero-order valence-electron chi connectivity index (χ0n) is 22.7. The molecule has 0 aliphatic carbocycles. The van der Waals surface area contributed by atoms with Crippen LogP contribution in [0.2, 0.25) is 5.02 Å². The number of nitrogens with one attached hydrogen (secondary N) is 1. The van der Waals surface area contributed by atoms with E-state index >= 15 is 0 Å². The molecule has 10 heteroatoms. The predicted molar refractivity (Wildman–Crippen MR) is 153 cm³/mol. The molecule has 0 unspecified atom stereocenters. The molecule has 0 aromatic heterocycles. The molecule has 0 aliphatic heterocycles. The zero-order valence-corrected chi connectivity index (χ0v) is 24.3. The van der Waals surface area contributed by atoms with Crippen LogP contribution in [-0.2, 0) is 26.2 Å². The van der Waals surface area contributed by atoms with E-state index in [9.17, 15) is 18.0 Å². The topological polar surface area (TPSA) is 96.0 Å². The zero-order chi connectivity index (χ0) is 28.8. The fraction of sp³-hybridized carbons (Fsp3) is 0.310. The van der Waals surface area contributed by atoms with E-state index in [-0.39, 0.29) is 23.0 Å². The summed E-state index contributed by atoms with van der Waals surface area (Å²) in [7, 11) is -2.67. The van der Waals surface area contributed by atoms with Crippen LogP contribution in [-0.4, -0.2) is 50.4 Å². The number of rotatable bonds is 10. The van der Waals surface area contributed by atoms with E-state index < -0.39 is 34.1 Å². The summed E-state index contributed by atoms with van der Waals surface area (Å²) in [5.41, 5.74) is 0.468. The van der Waals surface area contributed by atoms with E-state index in [1.54, 1.807) is 73.7 Å². The molecule has 208 valence electrons. The molecule has 0 fully saturated rings. The van der Waals surface area contributed by atoms with Crippen LogP contribution < -0.4 is 14.4 Å².